The fourth-order valence-electron chi connectivity index (χ4n) is 3.24. The molecule has 0 aliphatic carbocycles. The van der Waals surface area contributed by atoms with E-state index >= 15 is 0 Å². The van der Waals surface area contributed by atoms with Crippen molar-refractivity contribution in [1.29, 1.82) is 0 Å². The van der Waals surface area contributed by atoms with Crippen LogP contribution in [0.25, 0.3) is 0 Å². The molecule has 0 aromatic heterocycles. The molecule has 0 N–H and O–H groups in total. The molecule has 0 saturated heterocycles. The summed E-state index contributed by atoms with van der Waals surface area (Å²) in [4.78, 5) is 1.23. The number of benzene rings is 3. The molecule has 0 spiro atoms. The second kappa shape index (κ2) is 6.97. The largest absolute Gasteiger partial charge is 0.483 e. The molecule has 0 amide bonds. The van der Waals surface area contributed by atoms with Gasteiger partial charge in [-0.2, -0.15) is 0 Å². The third kappa shape index (κ3) is 3.32. The quantitative estimate of drug-likeness (QED) is 0.517. The van der Waals surface area contributed by atoms with Crippen LogP contribution >= 0.6 is 11.8 Å². The molecular formula is C23H22OS. The third-order valence-corrected chi connectivity index (χ3v) is 6.04. The average Bonchev–Trinajstić information content (AvgIpc) is 2.68. The first-order chi connectivity index (χ1) is 12.2. The van der Waals surface area contributed by atoms with Gasteiger partial charge in [-0.3, -0.25) is 0 Å². The molecule has 3 aromatic carbocycles. The molecule has 126 valence electrons. The van der Waals surface area contributed by atoms with Crippen molar-refractivity contribution in [2.75, 3.05) is 0 Å². The number of fused-ring (bicyclic) bond motifs is 1. The molecule has 3 aromatic rings. The Kier molecular flexibility index (Phi) is 4.54. The predicted molar refractivity (Wildman–Crippen MR) is 105 cm³/mol. The van der Waals surface area contributed by atoms with Crippen molar-refractivity contribution in [3.8, 4) is 5.75 Å². The van der Waals surface area contributed by atoms with Gasteiger partial charge in [0.05, 0.1) is 10.1 Å². The van der Waals surface area contributed by atoms with Crippen molar-refractivity contribution in [2.45, 2.75) is 36.0 Å². The zero-order chi connectivity index (χ0) is 17.2. The Balaban J connectivity index is 1.78. The highest BCUT2D eigenvalue weighted by Crippen LogP contribution is 2.53. The maximum Gasteiger partial charge on any atom is 0.140 e. The van der Waals surface area contributed by atoms with Gasteiger partial charge in [0.15, 0.2) is 0 Å². The number of ether oxygens (including phenoxy) is 1. The van der Waals surface area contributed by atoms with E-state index < -0.39 is 0 Å². The van der Waals surface area contributed by atoms with Gasteiger partial charge in [-0.1, -0.05) is 80.6 Å². The van der Waals surface area contributed by atoms with Crippen LogP contribution in [0.4, 0.5) is 0 Å². The number of hydrogen-bond acceptors (Lipinski definition) is 2. The van der Waals surface area contributed by atoms with Gasteiger partial charge in [0.2, 0.25) is 0 Å². The highest BCUT2D eigenvalue weighted by molar-refractivity contribution is 7.99. The lowest BCUT2D eigenvalue weighted by molar-refractivity contribution is 0.190. The Morgan fingerprint density at radius 3 is 2.08 bits per heavy atom. The number of rotatable bonds is 3. The van der Waals surface area contributed by atoms with E-state index in [-0.39, 0.29) is 11.4 Å². The van der Waals surface area contributed by atoms with Gasteiger partial charge >= 0.3 is 0 Å². The lowest BCUT2D eigenvalue weighted by atomic mass is 9.99. The molecule has 1 aliphatic heterocycles. The first-order valence-electron chi connectivity index (χ1n) is 8.79. The fourth-order valence-corrected chi connectivity index (χ4v) is 4.51. The second-order valence-electron chi connectivity index (χ2n) is 6.76. The van der Waals surface area contributed by atoms with Crippen LogP contribution in [0.3, 0.4) is 0 Å². The Labute approximate surface area is 154 Å². The predicted octanol–water partition coefficient (Wildman–Crippen LogP) is 6.78. The van der Waals surface area contributed by atoms with Crippen molar-refractivity contribution in [3.63, 3.8) is 0 Å². The molecule has 0 fully saturated rings. The van der Waals surface area contributed by atoms with Crippen LogP contribution in [0, 0.1) is 0 Å². The SMILES string of the molecule is CC(C)c1ccc2c(c1)O[C@H](c1ccccc1)[C@@H](c1ccccc1)S2. The lowest BCUT2D eigenvalue weighted by Gasteiger charge is -2.34. The third-order valence-electron chi connectivity index (χ3n) is 4.67. The standard InChI is InChI=1S/C23H22OS/c1-16(2)19-13-14-21-20(15-19)24-22(17-9-5-3-6-10-17)23(25-21)18-11-7-4-8-12-18/h3-16,22-23H,1-2H3/t22-,23-/m1/s1. The number of hydrogen-bond donors (Lipinski definition) is 0. The van der Waals surface area contributed by atoms with E-state index in [1.165, 1.54) is 21.6 Å². The molecule has 25 heavy (non-hydrogen) atoms. The fraction of sp³-hybridized carbons (Fsp3) is 0.217. The Bertz CT molecular complexity index is 842. The molecule has 2 atom stereocenters. The minimum atomic E-state index is 0.0171. The zero-order valence-corrected chi connectivity index (χ0v) is 15.4. The molecular weight excluding hydrogens is 324 g/mol. The minimum absolute atomic E-state index is 0.0171. The summed E-state index contributed by atoms with van der Waals surface area (Å²) >= 11 is 1.91. The van der Waals surface area contributed by atoms with E-state index in [1.807, 2.05) is 11.8 Å². The van der Waals surface area contributed by atoms with Crippen molar-refractivity contribution in [3.05, 3.63) is 95.6 Å². The van der Waals surface area contributed by atoms with E-state index in [4.69, 9.17) is 4.74 Å². The van der Waals surface area contributed by atoms with Gasteiger partial charge in [-0.15, -0.1) is 11.8 Å². The monoisotopic (exact) mass is 346 g/mol. The van der Waals surface area contributed by atoms with Gasteiger partial charge in [0.1, 0.15) is 11.9 Å². The van der Waals surface area contributed by atoms with Gasteiger partial charge in [-0.25, -0.2) is 0 Å². The minimum Gasteiger partial charge on any atom is -0.483 e. The Hall–Kier alpha value is -2.19. The average molecular weight is 346 g/mol. The number of thioether (sulfide) groups is 1. The van der Waals surface area contributed by atoms with E-state index in [0.29, 0.717) is 5.92 Å². The van der Waals surface area contributed by atoms with E-state index in [9.17, 15) is 0 Å². The summed E-state index contributed by atoms with van der Waals surface area (Å²) < 4.78 is 6.56. The van der Waals surface area contributed by atoms with Crippen LogP contribution < -0.4 is 4.74 Å². The van der Waals surface area contributed by atoms with Crippen LogP contribution in [0.2, 0.25) is 0 Å². The van der Waals surface area contributed by atoms with Crippen LogP contribution in [-0.4, -0.2) is 0 Å². The van der Waals surface area contributed by atoms with Gasteiger partial charge in [0.25, 0.3) is 0 Å². The van der Waals surface area contributed by atoms with Crippen molar-refractivity contribution in [1.82, 2.24) is 0 Å². The summed E-state index contributed by atoms with van der Waals surface area (Å²) in [5.74, 6) is 1.51. The molecule has 0 saturated carbocycles. The summed E-state index contributed by atoms with van der Waals surface area (Å²) in [6.45, 7) is 4.44. The summed E-state index contributed by atoms with van der Waals surface area (Å²) in [6, 6.07) is 27.9. The molecule has 0 radical (unpaired) electrons. The normalized spacial score (nSPS) is 19.3. The first kappa shape index (κ1) is 16.3. The highest BCUT2D eigenvalue weighted by atomic mass is 32.2. The molecule has 0 bridgehead atoms. The topological polar surface area (TPSA) is 9.23 Å². The smallest absolute Gasteiger partial charge is 0.140 e. The van der Waals surface area contributed by atoms with Crippen molar-refractivity contribution < 1.29 is 4.74 Å². The van der Waals surface area contributed by atoms with Crippen molar-refractivity contribution in [2.24, 2.45) is 0 Å². The van der Waals surface area contributed by atoms with Crippen LogP contribution in [0.15, 0.2) is 83.8 Å². The van der Waals surface area contributed by atoms with E-state index in [2.05, 4.69) is 92.7 Å². The van der Waals surface area contributed by atoms with Crippen molar-refractivity contribution >= 4 is 11.8 Å². The molecule has 0 unspecified atom stereocenters. The van der Waals surface area contributed by atoms with Crippen LogP contribution in [0.1, 0.15) is 47.8 Å². The van der Waals surface area contributed by atoms with Crippen LogP contribution in [0.5, 0.6) is 5.75 Å². The van der Waals surface area contributed by atoms with Gasteiger partial charge < -0.3 is 4.74 Å². The maximum atomic E-state index is 6.56. The second-order valence-corrected chi connectivity index (χ2v) is 7.94. The summed E-state index contributed by atoms with van der Waals surface area (Å²) in [6.07, 6.45) is 0.0171. The van der Waals surface area contributed by atoms with Crippen LogP contribution in [-0.2, 0) is 0 Å². The van der Waals surface area contributed by atoms with Gasteiger partial charge in [0, 0.05) is 0 Å². The lowest BCUT2D eigenvalue weighted by Crippen LogP contribution is -2.19. The van der Waals surface area contributed by atoms with E-state index in [1.54, 1.807) is 0 Å². The summed E-state index contributed by atoms with van der Waals surface area (Å²) in [5, 5.41) is 0.251. The molecule has 1 aliphatic rings. The first-order valence-corrected chi connectivity index (χ1v) is 9.67. The summed E-state index contributed by atoms with van der Waals surface area (Å²) in [7, 11) is 0. The summed E-state index contributed by atoms with van der Waals surface area (Å²) in [5.41, 5.74) is 3.86. The van der Waals surface area contributed by atoms with Gasteiger partial charge in [-0.05, 0) is 34.7 Å². The maximum absolute atomic E-state index is 6.56. The molecule has 2 heteroatoms. The van der Waals surface area contributed by atoms with E-state index in [0.717, 1.165) is 5.75 Å². The zero-order valence-electron chi connectivity index (χ0n) is 14.6. The Morgan fingerprint density at radius 1 is 0.800 bits per heavy atom. The molecule has 4 rings (SSSR count). The Morgan fingerprint density at radius 2 is 1.44 bits per heavy atom. The molecule has 1 heterocycles. The highest BCUT2D eigenvalue weighted by Gasteiger charge is 2.33. The molecule has 1 nitrogen and oxygen atoms in total.